The van der Waals surface area contributed by atoms with E-state index in [2.05, 4.69) is 13.5 Å². The van der Waals surface area contributed by atoms with Gasteiger partial charge in [-0.1, -0.05) is 45.4 Å². The van der Waals surface area contributed by atoms with Crippen molar-refractivity contribution < 1.29 is 9.53 Å². The zero-order valence-corrected chi connectivity index (χ0v) is 12.5. The second kappa shape index (κ2) is 9.08. The van der Waals surface area contributed by atoms with E-state index in [-0.39, 0.29) is 5.78 Å². The molecule has 0 amide bonds. The summed E-state index contributed by atoms with van der Waals surface area (Å²) < 4.78 is 5.90. The van der Waals surface area contributed by atoms with Crippen molar-refractivity contribution in [3.8, 4) is 0 Å². The number of Topliss-reactive ketones (excluding diaryl/α,β-unsaturated/α-hetero) is 1. The molecule has 2 heteroatoms. The van der Waals surface area contributed by atoms with Gasteiger partial charge in [0.15, 0.2) is 5.78 Å². The van der Waals surface area contributed by atoms with Crippen LogP contribution in [0.25, 0.3) is 0 Å². The molecule has 0 aliphatic heterocycles. The first-order valence-corrected chi connectivity index (χ1v) is 7.64. The van der Waals surface area contributed by atoms with Gasteiger partial charge in [0.25, 0.3) is 0 Å². The third kappa shape index (κ3) is 6.20. The third-order valence-corrected chi connectivity index (χ3v) is 3.68. The summed E-state index contributed by atoms with van der Waals surface area (Å²) in [6, 6.07) is 0. The van der Waals surface area contributed by atoms with Gasteiger partial charge in [-0.3, -0.25) is 4.79 Å². The summed E-state index contributed by atoms with van der Waals surface area (Å²) in [5.74, 6) is 0.673. The molecule has 0 heterocycles. The van der Waals surface area contributed by atoms with Crippen molar-refractivity contribution in [2.45, 2.75) is 64.9 Å². The maximum absolute atomic E-state index is 11.8. The molecule has 0 aromatic heterocycles. The molecule has 0 N–H and O–H groups in total. The van der Waals surface area contributed by atoms with Crippen LogP contribution in [0.1, 0.15) is 58.8 Å². The monoisotopic (exact) mass is 264 g/mol. The topological polar surface area (TPSA) is 26.3 Å². The fourth-order valence-electron chi connectivity index (χ4n) is 2.43. The second-order valence-electron chi connectivity index (χ2n) is 5.62. The number of allylic oxidation sites excluding steroid dienone is 3. The largest absolute Gasteiger partial charge is 0.378 e. The summed E-state index contributed by atoms with van der Waals surface area (Å²) in [5.41, 5.74) is 0.773. The molecule has 0 aromatic carbocycles. The maximum atomic E-state index is 11.8. The number of rotatable bonds is 9. The standard InChI is InChI=1S/C17H28O2/c1-4-8-17(18)15(5-2)12-11-14(3)13-19-16-9-6-7-10-16/h5,12,14,16H,2,4,6-11,13H2,1,3H3/b15-12+. The highest BCUT2D eigenvalue weighted by Crippen LogP contribution is 2.22. The zero-order chi connectivity index (χ0) is 14.1. The minimum absolute atomic E-state index is 0.210. The van der Waals surface area contributed by atoms with Crippen LogP contribution in [-0.2, 0) is 9.53 Å². The van der Waals surface area contributed by atoms with E-state index in [0.29, 0.717) is 18.4 Å². The Morgan fingerprint density at radius 2 is 2.11 bits per heavy atom. The zero-order valence-electron chi connectivity index (χ0n) is 12.5. The first-order chi connectivity index (χ1) is 9.17. The van der Waals surface area contributed by atoms with E-state index >= 15 is 0 Å². The van der Waals surface area contributed by atoms with Gasteiger partial charge in [-0.2, -0.15) is 0 Å². The molecule has 0 aromatic rings. The van der Waals surface area contributed by atoms with Crippen LogP contribution in [0.3, 0.4) is 0 Å². The number of hydrogen-bond acceptors (Lipinski definition) is 2. The van der Waals surface area contributed by atoms with Crippen LogP contribution in [0, 0.1) is 5.92 Å². The van der Waals surface area contributed by atoms with Crippen LogP contribution in [0.4, 0.5) is 0 Å². The highest BCUT2D eigenvalue weighted by atomic mass is 16.5. The minimum Gasteiger partial charge on any atom is -0.378 e. The van der Waals surface area contributed by atoms with Gasteiger partial charge in [-0.15, -0.1) is 0 Å². The van der Waals surface area contributed by atoms with E-state index in [4.69, 9.17) is 4.74 Å². The number of hydrogen-bond donors (Lipinski definition) is 0. The SMILES string of the molecule is C=C/C(=C\CC(C)COC1CCCC1)C(=O)CCC. The molecule has 0 spiro atoms. The highest BCUT2D eigenvalue weighted by Gasteiger charge is 2.16. The van der Waals surface area contributed by atoms with Gasteiger partial charge in [-0.05, 0) is 31.6 Å². The summed E-state index contributed by atoms with van der Waals surface area (Å²) in [4.78, 5) is 11.8. The van der Waals surface area contributed by atoms with Gasteiger partial charge in [-0.25, -0.2) is 0 Å². The van der Waals surface area contributed by atoms with Gasteiger partial charge in [0.1, 0.15) is 0 Å². The van der Waals surface area contributed by atoms with Crippen molar-refractivity contribution in [3.63, 3.8) is 0 Å². The lowest BCUT2D eigenvalue weighted by atomic mass is 10.0. The number of carbonyl (C=O) groups is 1. The Labute approximate surface area is 117 Å². The van der Waals surface area contributed by atoms with Crippen LogP contribution in [-0.4, -0.2) is 18.5 Å². The number of carbonyl (C=O) groups excluding carboxylic acids is 1. The lowest BCUT2D eigenvalue weighted by Crippen LogP contribution is -2.13. The highest BCUT2D eigenvalue weighted by molar-refractivity contribution is 5.97. The molecule has 1 unspecified atom stereocenters. The Morgan fingerprint density at radius 1 is 1.42 bits per heavy atom. The van der Waals surface area contributed by atoms with Crippen molar-refractivity contribution in [3.05, 3.63) is 24.3 Å². The molecule has 0 bridgehead atoms. The van der Waals surface area contributed by atoms with Crippen molar-refractivity contribution >= 4 is 5.78 Å². The summed E-state index contributed by atoms with van der Waals surface area (Å²) in [5, 5.41) is 0. The van der Waals surface area contributed by atoms with Crippen molar-refractivity contribution in [2.75, 3.05) is 6.61 Å². The summed E-state index contributed by atoms with van der Waals surface area (Å²) in [7, 11) is 0. The molecule has 1 saturated carbocycles. The predicted octanol–water partition coefficient (Wildman–Crippen LogP) is 4.45. The molecule has 1 rings (SSSR count). The average Bonchev–Trinajstić information content (AvgIpc) is 2.90. The quantitative estimate of drug-likeness (QED) is 0.454. The van der Waals surface area contributed by atoms with Crippen LogP contribution in [0.15, 0.2) is 24.3 Å². The molecule has 1 aliphatic rings. The van der Waals surface area contributed by atoms with Crippen LogP contribution < -0.4 is 0 Å². The molecule has 0 radical (unpaired) electrons. The van der Waals surface area contributed by atoms with E-state index in [0.717, 1.165) is 25.0 Å². The third-order valence-electron chi connectivity index (χ3n) is 3.68. The Balaban J connectivity index is 2.30. The Hall–Kier alpha value is -0.890. The maximum Gasteiger partial charge on any atom is 0.162 e. The minimum atomic E-state index is 0.210. The van der Waals surface area contributed by atoms with Gasteiger partial charge >= 0.3 is 0 Å². The lowest BCUT2D eigenvalue weighted by Gasteiger charge is -2.15. The number of ketones is 1. The first kappa shape index (κ1) is 16.2. The molecule has 2 nitrogen and oxygen atoms in total. The van der Waals surface area contributed by atoms with Gasteiger partial charge in [0.2, 0.25) is 0 Å². The predicted molar refractivity (Wildman–Crippen MR) is 80.2 cm³/mol. The van der Waals surface area contributed by atoms with Crippen molar-refractivity contribution in [1.82, 2.24) is 0 Å². The van der Waals surface area contributed by atoms with Crippen molar-refractivity contribution in [1.29, 1.82) is 0 Å². The fraction of sp³-hybridized carbons (Fsp3) is 0.706. The van der Waals surface area contributed by atoms with E-state index in [1.165, 1.54) is 25.7 Å². The molecule has 1 atom stereocenters. The van der Waals surface area contributed by atoms with Gasteiger partial charge < -0.3 is 4.74 Å². The second-order valence-corrected chi connectivity index (χ2v) is 5.62. The molecular weight excluding hydrogens is 236 g/mol. The van der Waals surface area contributed by atoms with Crippen molar-refractivity contribution in [2.24, 2.45) is 5.92 Å². The molecule has 1 fully saturated rings. The normalized spacial score (nSPS) is 18.5. The lowest BCUT2D eigenvalue weighted by molar-refractivity contribution is -0.115. The molecule has 0 saturated heterocycles. The fourth-order valence-corrected chi connectivity index (χ4v) is 2.43. The van der Waals surface area contributed by atoms with E-state index < -0.39 is 0 Å². The first-order valence-electron chi connectivity index (χ1n) is 7.64. The smallest absolute Gasteiger partial charge is 0.162 e. The Bertz CT molecular complexity index is 311. The van der Waals surface area contributed by atoms with E-state index in [1.807, 2.05) is 13.0 Å². The Kier molecular flexibility index (Phi) is 7.73. The molecule has 108 valence electrons. The summed E-state index contributed by atoms with van der Waals surface area (Å²) >= 11 is 0. The van der Waals surface area contributed by atoms with Gasteiger partial charge in [0.05, 0.1) is 6.10 Å². The van der Waals surface area contributed by atoms with Crippen LogP contribution >= 0.6 is 0 Å². The Morgan fingerprint density at radius 3 is 2.68 bits per heavy atom. The summed E-state index contributed by atoms with van der Waals surface area (Å²) in [6.45, 7) is 8.73. The van der Waals surface area contributed by atoms with Crippen LogP contribution in [0.5, 0.6) is 0 Å². The van der Waals surface area contributed by atoms with Crippen LogP contribution in [0.2, 0.25) is 0 Å². The average molecular weight is 264 g/mol. The molecular formula is C17H28O2. The molecule has 1 aliphatic carbocycles. The van der Waals surface area contributed by atoms with E-state index in [1.54, 1.807) is 6.08 Å². The summed E-state index contributed by atoms with van der Waals surface area (Å²) in [6.07, 6.45) is 11.6. The van der Waals surface area contributed by atoms with E-state index in [9.17, 15) is 4.79 Å². The number of ether oxygens (including phenoxy) is 1. The van der Waals surface area contributed by atoms with Gasteiger partial charge in [0, 0.05) is 18.6 Å². The molecule has 19 heavy (non-hydrogen) atoms.